The van der Waals surface area contributed by atoms with Crippen LogP contribution in [0.15, 0.2) is 0 Å². The minimum absolute atomic E-state index is 0. The minimum Gasteiger partial charge on any atom is -0.286 e. The topological polar surface area (TPSA) is 54.4 Å². The van der Waals surface area contributed by atoms with Gasteiger partial charge in [-0.2, -0.15) is 8.42 Å². The lowest BCUT2D eigenvalue weighted by molar-refractivity contribution is 0.338. The van der Waals surface area contributed by atoms with Gasteiger partial charge in [0.05, 0.1) is 5.75 Å². The summed E-state index contributed by atoms with van der Waals surface area (Å²) >= 11 is 0. The Morgan fingerprint density at radius 3 is 2.00 bits per heavy atom. The minimum atomic E-state index is -3.68. The van der Waals surface area contributed by atoms with Crippen LogP contribution in [-0.4, -0.2) is 18.7 Å². The standard InChI is InChI=1S/C5H10O3S.ClH/c6-9(7,8)4-5-2-1-3-5;/h5H,1-4H2,(H,6,7,8);1H. The smallest absolute Gasteiger partial charge is 0.265 e. The summed E-state index contributed by atoms with van der Waals surface area (Å²) in [4.78, 5) is 0. The van der Waals surface area contributed by atoms with Crippen LogP contribution in [0.4, 0.5) is 0 Å². The molecule has 0 spiro atoms. The monoisotopic (exact) mass is 186 g/mol. The first-order valence-corrected chi connectivity index (χ1v) is 4.64. The van der Waals surface area contributed by atoms with E-state index in [0.717, 1.165) is 19.3 Å². The number of hydrogen-bond donors (Lipinski definition) is 1. The molecule has 0 unspecified atom stereocenters. The summed E-state index contributed by atoms with van der Waals surface area (Å²) in [6.07, 6.45) is 3.03. The van der Waals surface area contributed by atoms with E-state index in [1.165, 1.54) is 0 Å². The van der Waals surface area contributed by atoms with E-state index in [9.17, 15) is 8.42 Å². The van der Waals surface area contributed by atoms with Gasteiger partial charge in [-0.15, -0.1) is 12.4 Å². The fraction of sp³-hybridized carbons (Fsp3) is 1.00. The van der Waals surface area contributed by atoms with E-state index in [1.807, 2.05) is 0 Å². The molecule has 1 N–H and O–H groups in total. The molecule has 3 nitrogen and oxygen atoms in total. The van der Waals surface area contributed by atoms with Crippen LogP contribution in [-0.2, 0) is 10.1 Å². The maximum Gasteiger partial charge on any atom is 0.265 e. The van der Waals surface area contributed by atoms with Gasteiger partial charge in [-0.25, -0.2) is 0 Å². The number of hydrogen-bond acceptors (Lipinski definition) is 2. The molecule has 1 aliphatic carbocycles. The van der Waals surface area contributed by atoms with Crippen LogP contribution < -0.4 is 0 Å². The van der Waals surface area contributed by atoms with Crippen molar-refractivity contribution >= 4 is 22.5 Å². The van der Waals surface area contributed by atoms with Crippen molar-refractivity contribution in [1.82, 2.24) is 0 Å². The fourth-order valence-electron chi connectivity index (χ4n) is 0.957. The van der Waals surface area contributed by atoms with Crippen molar-refractivity contribution in [2.45, 2.75) is 19.3 Å². The Balaban J connectivity index is 0.000000810. The van der Waals surface area contributed by atoms with Crippen LogP contribution in [0.1, 0.15) is 19.3 Å². The molecule has 1 rings (SSSR count). The summed E-state index contributed by atoms with van der Waals surface area (Å²) in [7, 11) is -3.68. The molecule has 0 aromatic carbocycles. The van der Waals surface area contributed by atoms with Crippen molar-refractivity contribution in [3.8, 4) is 0 Å². The highest BCUT2D eigenvalue weighted by Gasteiger charge is 2.22. The molecule has 62 valence electrons. The predicted octanol–water partition coefficient (Wildman–Crippen LogP) is 1.10. The average Bonchev–Trinajstić information content (AvgIpc) is 1.53. The van der Waals surface area contributed by atoms with Crippen LogP contribution in [0.3, 0.4) is 0 Å². The van der Waals surface area contributed by atoms with Crippen molar-refractivity contribution in [2.75, 3.05) is 5.75 Å². The zero-order chi connectivity index (χ0) is 6.91. The molecule has 0 radical (unpaired) electrons. The molecule has 0 aromatic heterocycles. The Bertz CT molecular complexity index is 183. The summed E-state index contributed by atoms with van der Waals surface area (Å²) in [5, 5.41) is 0. The number of halogens is 1. The third-order valence-corrected chi connectivity index (χ3v) is 2.56. The Morgan fingerprint density at radius 1 is 1.40 bits per heavy atom. The first-order valence-electron chi connectivity index (χ1n) is 3.03. The van der Waals surface area contributed by atoms with Gasteiger partial charge < -0.3 is 0 Å². The van der Waals surface area contributed by atoms with E-state index in [4.69, 9.17) is 4.55 Å². The molecule has 10 heavy (non-hydrogen) atoms. The van der Waals surface area contributed by atoms with Crippen LogP contribution in [0.2, 0.25) is 0 Å². The van der Waals surface area contributed by atoms with Gasteiger partial charge in [-0.05, 0) is 18.8 Å². The summed E-state index contributed by atoms with van der Waals surface area (Å²) in [5.41, 5.74) is 0. The first kappa shape index (κ1) is 10.2. The highest BCUT2D eigenvalue weighted by Crippen LogP contribution is 2.27. The summed E-state index contributed by atoms with van der Waals surface area (Å²) in [5.74, 6) is 0.201. The second-order valence-electron chi connectivity index (χ2n) is 2.55. The highest BCUT2D eigenvalue weighted by atomic mass is 35.5. The summed E-state index contributed by atoms with van der Waals surface area (Å²) < 4.78 is 28.7. The normalized spacial score (nSPS) is 19.3. The van der Waals surface area contributed by atoms with Gasteiger partial charge in [0.25, 0.3) is 10.1 Å². The molecule has 0 bridgehead atoms. The molecule has 1 fully saturated rings. The molecule has 5 heteroatoms. The molecule has 1 aliphatic rings. The molecule has 0 atom stereocenters. The molecule has 0 saturated heterocycles. The lowest BCUT2D eigenvalue weighted by Gasteiger charge is -2.23. The Morgan fingerprint density at radius 2 is 1.90 bits per heavy atom. The third-order valence-electron chi connectivity index (χ3n) is 1.67. The third kappa shape index (κ3) is 3.39. The largest absolute Gasteiger partial charge is 0.286 e. The van der Waals surface area contributed by atoms with Crippen molar-refractivity contribution < 1.29 is 13.0 Å². The Hall–Kier alpha value is 0.200. The van der Waals surface area contributed by atoms with Crippen molar-refractivity contribution in [2.24, 2.45) is 5.92 Å². The summed E-state index contributed by atoms with van der Waals surface area (Å²) in [6.45, 7) is 0. The van der Waals surface area contributed by atoms with Crippen molar-refractivity contribution in [3.63, 3.8) is 0 Å². The van der Waals surface area contributed by atoms with Crippen LogP contribution in [0.5, 0.6) is 0 Å². The Labute approximate surface area is 67.0 Å². The first-order chi connectivity index (χ1) is 4.08. The quantitative estimate of drug-likeness (QED) is 0.657. The molecular weight excluding hydrogens is 176 g/mol. The molecule has 0 amide bonds. The molecular formula is C5H11ClO3S. The van der Waals surface area contributed by atoms with Crippen LogP contribution in [0, 0.1) is 5.92 Å². The fourth-order valence-corrected chi connectivity index (χ4v) is 1.89. The molecule has 1 saturated carbocycles. The zero-order valence-electron chi connectivity index (χ0n) is 5.49. The molecule has 0 heterocycles. The van der Waals surface area contributed by atoms with Crippen molar-refractivity contribution in [1.29, 1.82) is 0 Å². The molecule has 0 aromatic rings. The van der Waals surface area contributed by atoms with Gasteiger partial charge in [-0.3, -0.25) is 4.55 Å². The van der Waals surface area contributed by atoms with Crippen LogP contribution in [0.25, 0.3) is 0 Å². The van der Waals surface area contributed by atoms with E-state index in [-0.39, 0.29) is 24.1 Å². The van der Waals surface area contributed by atoms with E-state index in [0.29, 0.717) is 0 Å². The number of rotatable bonds is 2. The van der Waals surface area contributed by atoms with E-state index in [1.54, 1.807) is 0 Å². The van der Waals surface area contributed by atoms with E-state index < -0.39 is 10.1 Å². The second kappa shape index (κ2) is 3.55. The van der Waals surface area contributed by atoms with Gasteiger partial charge in [0.15, 0.2) is 0 Å². The Kier molecular flexibility index (Phi) is 3.62. The molecule has 0 aliphatic heterocycles. The van der Waals surface area contributed by atoms with Gasteiger partial charge in [0, 0.05) is 0 Å². The van der Waals surface area contributed by atoms with Crippen LogP contribution >= 0.6 is 12.4 Å². The lowest BCUT2D eigenvalue weighted by atomic mass is 9.87. The highest BCUT2D eigenvalue weighted by molar-refractivity contribution is 7.85. The van der Waals surface area contributed by atoms with E-state index >= 15 is 0 Å². The van der Waals surface area contributed by atoms with Gasteiger partial charge in [0.1, 0.15) is 0 Å². The van der Waals surface area contributed by atoms with Gasteiger partial charge in [0.2, 0.25) is 0 Å². The van der Waals surface area contributed by atoms with E-state index in [2.05, 4.69) is 0 Å². The zero-order valence-corrected chi connectivity index (χ0v) is 7.12. The lowest BCUT2D eigenvalue weighted by Crippen LogP contribution is -2.21. The second-order valence-corrected chi connectivity index (χ2v) is 4.04. The maximum absolute atomic E-state index is 10.2. The van der Waals surface area contributed by atoms with Gasteiger partial charge >= 0.3 is 0 Å². The average molecular weight is 187 g/mol. The summed E-state index contributed by atoms with van der Waals surface area (Å²) in [6, 6.07) is 0. The predicted molar refractivity (Wildman–Crippen MR) is 41.0 cm³/mol. The van der Waals surface area contributed by atoms with Gasteiger partial charge in [-0.1, -0.05) is 6.42 Å². The SMILES string of the molecule is Cl.O=S(=O)(O)CC1CCC1. The van der Waals surface area contributed by atoms with Crippen molar-refractivity contribution in [3.05, 3.63) is 0 Å². The maximum atomic E-state index is 10.2.